The van der Waals surface area contributed by atoms with Crippen molar-refractivity contribution in [1.29, 1.82) is 5.26 Å². The Labute approximate surface area is 101 Å². The van der Waals surface area contributed by atoms with Gasteiger partial charge in [-0.2, -0.15) is 5.26 Å². The summed E-state index contributed by atoms with van der Waals surface area (Å²) in [5.41, 5.74) is 0.964. The number of hydrogen-bond acceptors (Lipinski definition) is 2. The molecular weight excluding hydrogens is 220 g/mol. The third-order valence-corrected chi connectivity index (χ3v) is 3.46. The second kappa shape index (κ2) is 4.86. The van der Waals surface area contributed by atoms with Gasteiger partial charge < -0.3 is 5.32 Å². The van der Waals surface area contributed by atoms with Crippen molar-refractivity contribution < 1.29 is 0 Å². The van der Waals surface area contributed by atoms with Crippen LogP contribution in [0.1, 0.15) is 18.4 Å². The van der Waals surface area contributed by atoms with Crippen molar-refractivity contribution >= 4 is 11.6 Å². The number of piperidine rings is 1. The molecule has 0 aromatic heterocycles. The fourth-order valence-corrected chi connectivity index (χ4v) is 2.48. The van der Waals surface area contributed by atoms with E-state index in [0.29, 0.717) is 0 Å². The summed E-state index contributed by atoms with van der Waals surface area (Å²) in [5, 5.41) is 13.4. The first-order valence-electron chi connectivity index (χ1n) is 5.61. The first-order valence-corrected chi connectivity index (χ1v) is 5.98. The predicted molar refractivity (Wildman–Crippen MR) is 65.3 cm³/mol. The van der Waals surface area contributed by atoms with Gasteiger partial charge in [-0.1, -0.05) is 23.7 Å². The maximum Gasteiger partial charge on any atom is 0.0694 e. The third kappa shape index (κ3) is 2.55. The second-order valence-corrected chi connectivity index (χ2v) is 4.89. The number of hydrogen-bond donors (Lipinski definition) is 1. The van der Waals surface area contributed by atoms with Gasteiger partial charge in [-0.05, 0) is 50.0 Å². The molecule has 0 spiro atoms. The number of rotatable bonds is 2. The second-order valence-electron chi connectivity index (χ2n) is 4.45. The van der Waals surface area contributed by atoms with Gasteiger partial charge in [0.2, 0.25) is 0 Å². The average molecular weight is 235 g/mol. The highest BCUT2D eigenvalue weighted by atomic mass is 35.5. The van der Waals surface area contributed by atoms with Crippen LogP contribution in [-0.2, 0) is 6.42 Å². The molecule has 16 heavy (non-hydrogen) atoms. The molecule has 1 N–H and O–H groups in total. The molecule has 0 aliphatic carbocycles. The minimum absolute atomic E-state index is 0.198. The van der Waals surface area contributed by atoms with E-state index >= 15 is 0 Å². The van der Waals surface area contributed by atoms with Gasteiger partial charge in [0.1, 0.15) is 0 Å². The molecule has 84 valence electrons. The normalized spacial score (nSPS) is 19.0. The maximum atomic E-state index is 9.36. The number of nitriles is 1. The van der Waals surface area contributed by atoms with Gasteiger partial charge in [0.15, 0.2) is 0 Å². The molecule has 1 heterocycles. The van der Waals surface area contributed by atoms with E-state index in [1.165, 1.54) is 0 Å². The van der Waals surface area contributed by atoms with E-state index < -0.39 is 0 Å². The molecule has 0 atom stereocenters. The molecule has 1 aliphatic rings. The van der Waals surface area contributed by atoms with Crippen LogP contribution < -0.4 is 5.32 Å². The summed E-state index contributed by atoms with van der Waals surface area (Å²) in [5.74, 6) is 0. The molecule has 1 aromatic rings. The van der Waals surface area contributed by atoms with Crippen LogP contribution in [-0.4, -0.2) is 13.1 Å². The number of halogens is 1. The quantitative estimate of drug-likeness (QED) is 0.854. The van der Waals surface area contributed by atoms with Gasteiger partial charge in [0.25, 0.3) is 0 Å². The lowest BCUT2D eigenvalue weighted by Crippen LogP contribution is -2.37. The van der Waals surface area contributed by atoms with E-state index in [1.54, 1.807) is 0 Å². The van der Waals surface area contributed by atoms with Crippen LogP contribution in [0.5, 0.6) is 0 Å². The minimum Gasteiger partial charge on any atom is -0.317 e. The van der Waals surface area contributed by atoms with Crippen molar-refractivity contribution in [3.8, 4) is 6.07 Å². The lowest BCUT2D eigenvalue weighted by molar-refractivity contribution is 0.280. The largest absolute Gasteiger partial charge is 0.317 e. The molecule has 0 bridgehead atoms. The molecule has 1 fully saturated rings. The Morgan fingerprint density at radius 2 is 2.12 bits per heavy atom. The van der Waals surface area contributed by atoms with Crippen molar-refractivity contribution in [1.82, 2.24) is 5.32 Å². The van der Waals surface area contributed by atoms with E-state index in [2.05, 4.69) is 11.4 Å². The fraction of sp³-hybridized carbons (Fsp3) is 0.462. The van der Waals surface area contributed by atoms with Crippen molar-refractivity contribution in [3.63, 3.8) is 0 Å². The Kier molecular flexibility index (Phi) is 3.48. The van der Waals surface area contributed by atoms with Crippen LogP contribution in [0.15, 0.2) is 24.3 Å². The maximum absolute atomic E-state index is 9.36. The van der Waals surface area contributed by atoms with E-state index in [9.17, 15) is 5.26 Å². The van der Waals surface area contributed by atoms with E-state index in [0.717, 1.165) is 42.9 Å². The van der Waals surface area contributed by atoms with Crippen LogP contribution in [0.3, 0.4) is 0 Å². The molecule has 1 aliphatic heterocycles. The smallest absolute Gasteiger partial charge is 0.0694 e. The zero-order valence-electron chi connectivity index (χ0n) is 9.17. The Bertz CT molecular complexity index is 403. The van der Waals surface area contributed by atoms with Crippen LogP contribution in [0.4, 0.5) is 0 Å². The molecule has 3 heteroatoms. The van der Waals surface area contributed by atoms with Crippen molar-refractivity contribution in [2.45, 2.75) is 19.3 Å². The molecule has 0 radical (unpaired) electrons. The highest BCUT2D eigenvalue weighted by Crippen LogP contribution is 2.32. The summed E-state index contributed by atoms with van der Waals surface area (Å²) >= 11 is 5.96. The van der Waals surface area contributed by atoms with E-state index in [4.69, 9.17) is 11.6 Å². The molecule has 0 unspecified atom stereocenters. The summed E-state index contributed by atoms with van der Waals surface area (Å²) in [4.78, 5) is 0. The fourth-order valence-electron chi connectivity index (χ4n) is 2.27. The van der Waals surface area contributed by atoms with Crippen LogP contribution in [0.25, 0.3) is 0 Å². The first-order chi connectivity index (χ1) is 7.74. The molecule has 0 amide bonds. The molecule has 1 saturated heterocycles. The Balaban J connectivity index is 2.15. The highest BCUT2D eigenvalue weighted by Gasteiger charge is 2.32. The zero-order valence-corrected chi connectivity index (χ0v) is 9.93. The van der Waals surface area contributed by atoms with E-state index in [1.807, 2.05) is 24.3 Å². The van der Waals surface area contributed by atoms with Crippen LogP contribution in [0, 0.1) is 16.7 Å². The standard InChI is InChI=1S/C13H15ClN2/c14-12-3-1-2-11(8-12)9-13(10-15)4-6-16-7-5-13/h1-3,8,16H,4-7,9H2. The summed E-state index contributed by atoms with van der Waals surface area (Å²) in [6, 6.07) is 10.3. The average Bonchev–Trinajstić information content (AvgIpc) is 2.30. The van der Waals surface area contributed by atoms with Gasteiger partial charge in [-0.15, -0.1) is 0 Å². The van der Waals surface area contributed by atoms with Crippen molar-refractivity contribution in [2.24, 2.45) is 5.41 Å². The van der Waals surface area contributed by atoms with Crippen molar-refractivity contribution in [2.75, 3.05) is 13.1 Å². The third-order valence-electron chi connectivity index (χ3n) is 3.23. The number of nitrogens with zero attached hydrogens (tertiary/aromatic N) is 1. The zero-order chi connectivity index (χ0) is 11.4. The Morgan fingerprint density at radius 1 is 1.38 bits per heavy atom. The van der Waals surface area contributed by atoms with Crippen LogP contribution in [0.2, 0.25) is 5.02 Å². The van der Waals surface area contributed by atoms with E-state index in [-0.39, 0.29) is 5.41 Å². The van der Waals surface area contributed by atoms with Gasteiger partial charge in [0.05, 0.1) is 11.5 Å². The molecule has 2 nitrogen and oxygen atoms in total. The minimum atomic E-state index is -0.198. The van der Waals surface area contributed by atoms with Gasteiger partial charge in [-0.25, -0.2) is 0 Å². The summed E-state index contributed by atoms with van der Waals surface area (Å²) in [7, 11) is 0. The summed E-state index contributed by atoms with van der Waals surface area (Å²) in [6.45, 7) is 1.88. The first kappa shape index (κ1) is 11.4. The Morgan fingerprint density at radius 3 is 2.75 bits per heavy atom. The molecule has 2 rings (SSSR count). The summed E-state index contributed by atoms with van der Waals surface area (Å²) in [6.07, 6.45) is 2.66. The van der Waals surface area contributed by atoms with Gasteiger partial charge in [0, 0.05) is 5.02 Å². The van der Waals surface area contributed by atoms with Crippen molar-refractivity contribution in [3.05, 3.63) is 34.9 Å². The highest BCUT2D eigenvalue weighted by molar-refractivity contribution is 6.30. The molecular formula is C13H15ClN2. The topological polar surface area (TPSA) is 35.8 Å². The predicted octanol–water partition coefficient (Wildman–Crippen LogP) is 2.78. The summed E-state index contributed by atoms with van der Waals surface area (Å²) < 4.78 is 0. The van der Waals surface area contributed by atoms with Gasteiger partial charge in [-0.3, -0.25) is 0 Å². The molecule has 1 aromatic carbocycles. The Hall–Kier alpha value is -1.04. The lowest BCUT2D eigenvalue weighted by atomic mass is 9.75. The SMILES string of the molecule is N#CC1(Cc2cccc(Cl)c2)CCNCC1. The van der Waals surface area contributed by atoms with Crippen LogP contribution >= 0.6 is 11.6 Å². The lowest BCUT2D eigenvalue weighted by Gasteiger charge is -2.31. The number of benzene rings is 1. The molecule has 0 saturated carbocycles. The monoisotopic (exact) mass is 234 g/mol. The number of nitrogens with one attached hydrogen (secondary N) is 1. The van der Waals surface area contributed by atoms with Gasteiger partial charge >= 0.3 is 0 Å².